The minimum Gasteiger partial charge on any atom is -0.504 e. The van der Waals surface area contributed by atoms with Crippen LogP contribution in [0.2, 0.25) is 0 Å². The molecule has 0 saturated heterocycles. The SMILES string of the molecule is CCOc1cccc([C@H]2Nc3c(C)cc(C)cc3-c3cc(C)nn32)c1O. The van der Waals surface area contributed by atoms with Crippen molar-refractivity contribution < 1.29 is 9.84 Å². The van der Waals surface area contributed by atoms with Gasteiger partial charge in [-0.15, -0.1) is 0 Å². The average molecular weight is 349 g/mol. The van der Waals surface area contributed by atoms with E-state index < -0.39 is 0 Å². The Kier molecular flexibility index (Phi) is 3.87. The molecule has 0 saturated carbocycles. The number of hydrogen-bond donors (Lipinski definition) is 2. The van der Waals surface area contributed by atoms with Gasteiger partial charge in [0.05, 0.1) is 18.0 Å². The van der Waals surface area contributed by atoms with Crippen LogP contribution in [0.1, 0.15) is 35.5 Å². The number of hydrogen-bond acceptors (Lipinski definition) is 4. The predicted octanol–water partition coefficient (Wildman–Crippen LogP) is 4.55. The largest absolute Gasteiger partial charge is 0.504 e. The third-order valence-corrected chi connectivity index (χ3v) is 4.76. The Morgan fingerprint density at radius 1 is 1.19 bits per heavy atom. The predicted molar refractivity (Wildman–Crippen MR) is 103 cm³/mol. The molecular weight excluding hydrogens is 326 g/mol. The van der Waals surface area contributed by atoms with Gasteiger partial charge in [-0.2, -0.15) is 5.10 Å². The monoisotopic (exact) mass is 349 g/mol. The summed E-state index contributed by atoms with van der Waals surface area (Å²) < 4.78 is 7.51. The highest BCUT2D eigenvalue weighted by Gasteiger charge is 2.30. The van der Waals surface area contributed by atoms with Crippen LogP contribution < -0.4 is 10.1 Å². The Morgan fingerprint density at radius 2 is 2.00 bits per heavy atom. The Balaban J connectivity index is 1.91. The van der Waals surface area contributed by atoms with Crippen molar-refractivity contribution in [1.29, 1.82) is 0 Å². The van der Waals surface area contributed by atoms with Gasteiger partial charge in [0.2, 0.25) is 0 Å². The molecule has 1 aliphatic rings. The van der Waals surface area contributed by atoms with Gasteiger partial charge in [0.25, 0.3) is 0 Å². The lowest BCUT2D eigenvalue weighted by molar-refractivity contribution is 0.315. The van der Waals surface area contributed by atoms with Gasteiger partial charge in [-0.3, -0.25) is 0 Å². The van der Waals surface area contributed by atoms with Crippen molar-refractivity contribution in [2.75, 3.05) is 11.9 Å². The molecule has 0 bridgehead atoms. The molecule has 4 rings (SSSR count). The van der Waals surface area contributed by atoms with E-state index >= 15 is 0 Å². The van der Waals surface area contributed by atoms with E-state index in [-0.39, 0.29) is 11.9 Å². The number of nitrogens with one attached hydrogen (secondary N) is 1. The third-order valence-electron chi connectivity index (χ3n) is 4.76. The normalized spacial score (nSPS) is 15.2. The first kappa shape index (κ1) is 16.5. The number of nitrogens with zero attached hydrogens (tertiary/aromatic N) is 2. The van der Waals surface area contributed by atoms with E-state index in [0.717, 1.165) is 28.2 Å². The van der Waals surface area contributed by atoms with Gasteiger partial charge in [0.15, 0.2) is 17.7 Å². The summed E-state index contributed by atoms with van der Waals surface area (Å²) in [6.07, 6.45) is -0.298. The maximum Gasteiger partial charge on any atom is 0.165 e. The number of aromatic nitrogens is 2. The molecule has 1 atom stereocenters. The van der Waals surface area contributed by atoms with Crippen LogP contribution in [0.25, 0.3) is 11.3 Å². The molecule has 0 radical (unpaired) electrons. The molecule has 0 fully saturated rings. The van der Waals surface area contributed by atoms with Crippen LogP contribution in [0.3, 0.4) is 0 Å². The highest BCUT2D eigenvalue weighted by Crippen LogP contribution is 2.44. The number of ether oxygens (including phenoxy) is 1. The zero-order chi connectivity index (χ0) is 18.4. The van der Waals surface area contributed by atoms with Gasteiger partial charge < -0.3 is 15.2 Å². The zero-order valence-electron chi connectivity index (χ0n) is 15.5. The lowest BCUT2D eigenvalue weighted by Crippen LogP contribution is -2.26. The fraction of sp³-hybridized carbons (Fsp3) is 0.286. The van der Waals surface area contributed by atoms with E-state index in [2.05, 4.69) is 42.5 Å². The minimum absolute atomic E-state index is 0.152. The maximum absolute atomic E-state index is 10.8. The van der Waals surface area contributed by atoms with E-state index in [1.54, 1.807) is 6.07 Å². The van der Waals surface area contributed by atoms with Crippen LogP contribution in [0, 0.1) is 20.8 Å². The highest BCUT2D eigenvalue weighted by atomic mass is 16.5. The van der Waals surface area contributed by atoms with E-state index in [4.69, 9.17) is 4.74 Å². The summed E-state index contributed by atoms with van der Waals surface area (Å²) >= 11 is 0. The lowest BCUT2D eigenvalue weighted by Gasteiger charge is -2.31. The molecule has 2 heterocycles. The van der Waals surface area contributed by atoms with Crippen LogP contribution in [0.4, 0.5) is 5.69 Å². The first-order valence-corrected chi connectivity index (χ1v) is 8.88. The number of anilines is 1. The number of rotatable bonds is 3. The summed E-state index contributed by atoms with van der Waals surface area (Å²) in [5, 5.41) is 19.0. The molecule has 26 heavy (non-hydrogen) atoms. The number of benzene rings is 2. The van der Waals surface area contributed by atoms with E-state index in [1.807, 2.05) is 30.7 Å². The van der Waals surface area contributed by atoms with Gasteiger partial charge in [-0.25, -0.2) is 4.68 Å². The molecule has 2 N–H and O–H groups in total. The van der Waals surface area contributed by atoms with Crippen molar-refractivity contribution in [3.63, 3.8) is 0 Å². The molecule has 0 amide bonds. The van der Waals surface area contributed by atoms with Crippen molar-refractivity contribution >= 4 is 5.69 Å². The molecule has 0 unspecified atom stereocenters. The van der Waals surface area contributed by atoms with Crippen molar-refractivity contribution in [1.82, 2.24) is 9.78 Å². The van der Waals surface area contributed by atoms with E-state index in [0.29, 0.717) is 12.4 Å². The fourth-order valence-corrected chi connectivity index (χ4v) is 3.72. The summed E-state index contributed by atoms with van der Waals surface area (Å²) in [7, 11) is 0. The van der Waals surface area contributed by atoms with Crippen LogP contribution in [0.5, 0.6) is 11.5 Å². The van der Waals surface area contributed by atoms with Crippen LogP contribution >= 0.6 is 0 Å². The quantitative estimate of drug-likeness (QED) is 0.728. The second kappa shape index (κ2) is 6.09. The molecular formula is C21H23N3O2. The van der Waals surface area contributed by atoms with Gasteiger partial charge in [-0.1, -0.05) is 23.8 Å². The average Bonchev–Trinajstić information content (AvgIpc) is 2.98. The number of para-hydroxylation sites is 1. The maximum atomic E-state index is 10.8. The zero-order valence-corrected chi connectivity index (χ0v) is 15.5. The number of phenolic OH excluding ortho intramolecular Hbond substituents is 1. The van der Waals surface area contributed by atoms with E-state index in [9.17, 15) is 5.11 Å². The van der Waals surface area contributed by atoms with Gasteiger partial charge in [-0.05, 0) is 51.5 Å². The Morgan fingerprint density at radius 3 is 2.77 bits per heavy atom. The number of phenols is 1. The Labute approximate surface area is 153 Å². The van der Waals surface area contributed by atoms with Crippen molar-refractivity contribution in [2.24, 2.45) is 0 Å². The molecule has 134 valence electrons. The third kappa shape index (κ3) is 2.51. The van der Waals surface area contributed by atoms with Crippen LogP contribution in [-0.2, 0) is 0 Å². The summed E-state index contributed by atoms with van der Waals surface area (Å²) in [5.41, 5.74) is 7.34. The Bertz CT molecular complexity index is 991. The van der Waals surface area contributed by atoms with Crippen molar-refractivity contribution in [3.05, 3.63) is 58.8 Å². The summed E-state index contributed by atoms with van der Waals surface area (Å²) in [6.45, 7) is 8.60. The molecule has 2 aromatic carbocycles. The summed E-state index contributed by atoms with van der Waals surface area (Å²) in [6, 6.07) is 12.0. The number of aryl methyl sites for hydroxylation is 3. The first-order valence-electron chi connectivity index (χ1n) is 8.88. The molecule has 1 aliphatic heterocycles. The van der Waals surface area contributed by atoms with Crippen LogP contribution in [-0.4, -0.2) is 21.5 Å². The smallest absolute Gasteiger partial charge is 0.165 e. The van der Waals surface area contributed by atoms with Crippen molar-refractivity contribution in [3.8, 4) is 22.8 Å². The van der Waals surface area contributed by atoms with Gasteiger partial charge in [0.1, 0.15) is 0 Å². The molecule has 1 aromatic heterocycles. The lowest BCUT2D eigenvalue weighted by atomic mass is 9.98. The molecule has 3 aromatic rings. The number of fused-ring (bicyclic) bond motifs is 3. The second-order valence-electron chi connectivity index (χ2n) is 6.79. The first-order chi connectivity index (χ1) is 12.5. The standard InChI is InChI=1S/C21H23N3O2/c1-5-26-18-8-6-7-15(20(18)25)21-22-19-13(3)9-12(2)10-16(19)17-11-14(4)23-24(17)21/h6-11,21-22,25H,5H2,1-4H3/t21-/m0/s1. The summed E-state index contributed by atoms with van der Waals surface area (Å²) in [4.78, 5) is 0. The topological polar surface area (TPSA) is 59.3 Å². The van der Waals surface area contributed by atoms with Crippen LogP contribution in [0.15, 0.2) is 36.4 Å². The highest BCUT2D eigenvalue weighted by molar-refractivity contribution is 5.82. The summed E-state index contributed by atoms with van der Waals surface area (Å²) in [5.74, 6) is 0.642. The molecule has 0 aliphatic carbocycles. The second-order valence-corrected chi connectivity index (χ2v) is 6.79. The molecule has 5 heteroatoms. The Hall–Kier alpha value is -2.95. The van der Waals surface area contributed by atoms with Crippen molar-refractivity contribution in [2.45, 2.75) is 33.9 Å². The minimum atomic E-state index is -0.298. The van der Waals surface area contributed by atoms with Gasteiger partial charge in [0, 0.05) is 16.8 Å². The van der Waals surface area contributed by atoms with Gasteiger partial charge >= 0.3 is 0 Å². The number of aromatic hydroxyl groups is 1. The molecule has 5 nitrogen and oxygen atoms in total. The molecule has 0 spiro atoms. The fourth-order valence-electron chi connectivity index (χ4n) is 3.72. The van der Waals surface area contributed by atoms with E-state index in [1.165, 1.54) is 11.1 Å².